The Morgan fingerprint density at radius 3 is 1.74 bits per heavy atom. The van der Waals surface area contributed by atoms with E-state index in [4.69, 9.17) is 63.5 Å². The van der Waals surface area contributed by atoms with Gasteiger partial charge in [-0.15, -0.1) is 22.7 Å². The molecule has 0 amide bonds. The average Bonchev–Trinajstić information content (AvgIpc) is 3.80. The van der Waals surface area contributed by atoms with Crippen molar-refractivity contribution in [2.75, 3.05) is 0 Å². The molecule has 17 heteroatoms. The average molecular weight is 791 g/mol. The van der Waals surface area contributed by atoms with Crippen LogP contribution < -0.4 is 9.47 Å². The molecule has 4 heterocycles. The molecule has 0 fully saturated rings. The van der Waals surface area contributed by atoms with Crippen LogP contribution in [0.3, 0.4) is 0 Å². The Balaban J connectivity index is 0.000000197. The van der Waals surface area contributed by atoms with Gasteiger partial charge in [-0.3, -0.25) is 4.79 Å². The van der Waals surface area contributed by atoms with Crippen LogP contribution in [0.2, 0.25) is 20.4 Å². The van der Waals surface area contributed by atoms with Crippen molar-refractivity contribution in [1.82, 2.24) is 19.9 Å². The maximum absolute atomic E-state index is 12.2. The fourth-order valence-corrected chi connectivity index (χ4v) is 5.71. The normalized spacial score (nSPS) is 10.8. The van der Waals surface area contributed by atoms with Crippen molar-refractivity contribution in [3.8, 4) is 23.5 Å². The number of rotatable bonds is 8. The molecule has 0 aliphatic heterocycles. The summed E-state index contributed by atoms with van der Waals surface area (Å²) >= 11 is 25.5. The predicted molar refractivity (Wildman–Crippen MR) is 175 cm³/mol. The number of halogens is 4. The number of carbonyl (C=O) groups excluding carboxylic acids is 1. The molecule has 0 aliphatic carbocycles. The summed E-state index contributed by atoms with van der Waals surface area (Å²) in [5.41, 5.74) is 0.659. The number of benzene rings is 2. The molecule has 47 heavy (non-hydrogen) atoms. The Bertz CT molecular complexity index is 1980. The van der Waals surface area contributed by atoms with Gasteiger partial charge in [0.15, 0.2) is 0 Å². The molecule has 0 radical (unpaired) electrons. The van der Waals surface area contributed by atoms with Gasteiger partial charge in [0.25, 0.3) is 0 Å². The van der Waals surface area contributed by atoms with Crippen molar-refractivity contribution >= 4 is 74.9 Å². The van der Waals surface area contributed by atoms with E-state index in [1.807, 2.05) is 22.9 Å². The van der Waals surface area contributed by atoms with E-state index >= 15 is 0 Å². The zero-order valence-electron chi connectivity index (χ0n) is 23.3. The number of hydrogen-bond acceptors (Lipinski definition) is 12. The van der Waals surface area contributed by atoms with Gasteiger partial charge in [-0.05, 0) is 47.2 Å². The molecule has 10 nitrogen and oxygen atoms in total. The summed E-state index contributed by atoms with van der Waals surface area (Å²) in [6.45, 7) is 0. The molecule has 0 saturated carbocycles. The van der Waals surface area contributed by atoms with Crippen molar-refractivity contribution in [2.45, 2.75) is 6.10 Å². The second-order valence-corrected chi connectivity index (χ2v) is 12.3. The first-order valence-corrected chi connectivity index (χ1v) is 17.0. The molecule has 4 aromatic heterocycles. The third-order valence-corrected chi connectivity index (χ3v) is 8.65. The zero-order chi connectivity index (χ0) is 33.8. The van der Waals surface area contributed by atoms with Gasteiger partial charge in [0.2, 0.25) is 5.78 Å². The van der Waals surface area contributed by atoms with Crippen molar-refractivity contribution in [2.24, 2.45) is 0 Å². The summed E-state index contributed by atoms with van der Waals surface area (Å²) in [5, 5.41) is 15.0. The van der Waals surface area contributed by atoms with Gasteiger partial charge in [-0.2, -0.15) is 9.97 Å². The molecule has 2 aromatic carbocycles. The number of ketones is 1. The molecule has 6 aromatic rings. The Morgan fingerprint density at radius 2 is 1.26 bits per heavy atom. The zero-order valence-corrected chi connectivity index (χ0v) is 29.1. The number of carbonyl (C=O) groups is 1. The Labute approximate surface area is 301 Å². The van der Waals surface area contributed by atoms with Gasteiger partial charge in [-0.25, -0.2) is 9.97 Å². The Kier molecular flexibility index (Phi) is 14.0. The SMILES string of the molecule is O=C(c1cccs1)c1cnc(Oc2ccccc2Cl)nc1Cl.OC(c1cccs1)c1cnc(Oc2ccccc2Cl)nc1Cl.[O]=[Mn]=[O]. The van der Waals surface area contributed by atoms with Crippen LogP contribution in [0.25, 0.3) is 0 Å². The van der Waals surface area contributed by atoms with Crippen molar-refractivity contribution in [1.29, 1.82) is 0 Å². The molecule has 6 rings (SSSR count). The molecule has 1 atom stereocenters. The van der Waals surface area contributed by atoms with Gasteiger partial charge < -0.3 is 14.6 Å². The molecular weight excluding hydrogens is 773 g/mol. The van der Waals surface area contributed by atoms with Crippen LogP contribution in [0.5, 0.6) is 23.5 Å². The number of aliphatic hydroxyl groups is 1. The predicted octanol–water partition coefficient (Wildman–Crippen LogP) is 9.35. The molecular formula is C30H18Cl4MnN4O6S2. The van der Waals surface area contributed by atoms with Crippen LogP contribution in [-0.2, 0) is 22.5 Å². The number of aromatic nitrogens is 4. The quantitative estimate of drug-likeness (QED) is 0.0901. The molecule has 1 unspecified atom stereocenters. The third-order valence-electron chi connectivity index (χ3n) is 5.64. The summed E-state index contributed by atoms with van der Waals surface area (Å²) in [6, 6.07) is 21.2. The third kappa shape index (κ3) is 10.2. The first-order valence-electron chi connectivity index (χ1n) is 12.8. The number of thiophene rings is 2. The van der Waals surface area contributed by atoms with E-state index in [0.717, 1.165) is 4.88 Å². The standard InChI is InChI=1S/C15H10Cl2N2O2S.C15H8Cl2N2O2S.Mn.2O/c2*16-10-4-1-2-5-11(10)21-15-18-8-9(14(17)19-15)13(20)12-6-3-7-22-12;;;/h1-8,13,20H;1-8H;;;. The number of hydrogen-bond donors (Lipinski definition) is 1. The minimum atomic E-state index is -1.44. The second kappa shape index (κ2) is 18.2. The monoisotopic (exact) mass is 789 g/mol. The first kappa shape index (κ1) is 36.3. The van der Waals surface area contributed by atoms with E-state index in [9.17, 15) is 9.90 Å². The van der Waals surface area contributed by atoms with E-state index < -0.39 is 20.9 Å². The first-order chi connectivity index (χ1) is 22.7. The minimum absolute atomic E-state index is 0.0285. The van der Waals surface area contributed by atoms with Gasteiger partial charge in [-0.1, -0.05) is 82.8 Å². The molecule has 0 spiro atoms. The Morgan fingerprint density at radius 1 is 0.723 bits per heavy atom. The van der Waals surface area contributed by atoms with Gasteiger partial charge in [0, 0.05) is 22.8 Å². The molecule has 241 valence electrons. The van der Waals surface area contributed by atoms with Crippen LogP contribution >= 0.6 is 69.1 Å². The summed E-state index contributed by atoms with van der Waals surface area (Å²) in [7, 11) is 0. The van der Waals surface area contributed by atoms with Crippen LogP contribution in [-0.4, -0.2) is 30.8 Å². The summed E-state index contributed by atoms with van der Waals surface area (Å²) < 4.78 is 27.8. The summed E-state index contributed by atoms with van der Waals surface area (Å²) in [6.07, 6.45) is 1.94. The number of nitrogens with zero attached hydrogens (tertiary/aromatic N) is 4. The maximum atomic E-state index is 12.2. The summed E-state index contributed by atoms with van der Waals surface area (Å²) in [4.78, 5) is 29.7. The fourth-order valence-electron chi connectivity index (χ4n) is 3.53. The van der Waals surface area contributed by atoms with Gasteiger partial charge >= 0.3 is 34.5 Å². The van der Waals surface area contributed by atoms with Crippen molar-refractivity contribution in [3.05, 3.63) is 137 Å². The van der Waals surface area contributed by atoms with E-state index in [2.05, 4.69) is 19.9 Å². The van der Waals surface area contributed by atoms with Crippen LogP contribution in [0, 0.1) is 0 Å². The topological polar surface area (TPSA) is 141 Å². The van der Waals surface area contributed by atoms with E-state index in [0.29, 0.717) is 32.0 Å². The number of ether oxygens (including phenoxy) is 2. The Hall–Kier alpha value is -3.49. The molecule has 0 saturated heterocycles. The van der Waals surface area contributed by atoms with Gasteiger partial charge in [0.1, 0.15) is 27.9 Å². The van der Waals surface area contributed by atoms with Crippen LogP contribution in [0.15, 0.2) is 96.0 Å². The van der Waals surface area contributed by atoms with Crippen molar-refractivity contribution < 1.29 is 41.9 Å². The number of para-hydroxylation sites is 2. The molecule has 1 N–H and O–H groups in total. The van der Waals surface area contributed by atoms with E-state index in [-0.39, 0.29) is 33.7 Å². The van der Waals surface area contributed by atoms with Gasteiger partial charge in [0.05, 0.1) is 20.5 Å². The molecule has 0 bridgehead atoms. The number of aliphatic hydroxyl groups excluding tert-OH is 1. The van der Waals surface area contributed by atoms with Crippen LogP contribution in [0.1, 0.15) is 31.8 Å². The molecule has 0 aliphatic rings. The fraction of sp³-hybridized carbons (Fsp3) is 0.0333. The summed E-state index contributed by atoms with van der Waals surface area (Å²) in [5.74, 6) is 0.633. The second-order valence-electron chi connectivity index (χ2n) is 8.61. The van der Waals surface area contributed by atoms with E-state index in [1.165, 1.54) is 35.1 Å². The van der Waals surface area contributed by atoms with Crippen molar-refractivity contribution in [3.63, 3.8) is 0 Å². The van der Waals surface area contributed by atoms with Crippen LogP contribution in [0.4, 0.5) is 0 Å². The van der Waals surface area contributed by atoms with E-state index in [1.54, 1.807) is 60.7 Å².